The average Bonchev–Trinajstić information content (AvgIpc) is 2.72. The Hall–Kier alpha value is -1.80. The first-order valence-electron chi connectivity index (χ1n) is 7.00. The molecule has 0 saturated carbocycles. The third-order valence-corrected chi connectivity index (χ3v) is 3.98. The van der Waals surface area contributed by atoms with Crippen LogP contribution in [0.4, 0.5) is 0 Å². The van der Waals surface area contributed by atoms with E-state index in [4.69, 9.17) is 16.3 Å². The van der Waals surface area contributed by atoms with Gasteiger partial charge in [-0.2, -0.15) is 0 Å². The summed E-state index contributed by atoms with van der Waals surface area (Å²) in [6, 6.07) is 17.3. The van der Waals surface area contributed by atoms with E-state index in [1.54, 1.807) is 0 Å². The minimum Gasteiger partial charge on any atom is -0.425 e. The van der Waals surface area contributed by atoms with Crippen LogP contribution in [0.15, 0.2) is 54.6 Å². The molecule has 1 aliphatic rings. The average molecular weight is 301 g/mol. The van der Waals surface area contributed by atoms with Gasteiger partial charge in [-0.15, -0.1) is 11.6 Å². The molecule has 0 saturated heterocycles. The Morgan fingerprint density at radius 2 is 1.67 bits per heavy atom. The zero-order valence-corrected chi connectivity index (χ0v) is 12.9. The van der Waals surface area contributed by atoms with Crippen LogP contribution in [-0.2, 0) is 10.2 Å². The number of esters is 1. The summed E-state index contributed by atoms with van der Waals surface area (Å²) < 4.78 is 5.53. The van der Waals surface area contributed by atoms with Crippen LogP contribution in [0.5, 0.6) is 5.75 Å². The molecule has 1 heterocycles. The summed E-state index contributed by atoms with van der Waals surface area (Å²) in [5, 5.41) is 0. The topological polar surface area (TPSA) is 26.3 Å². The third-order valence-electron chi connectivity index (χ3n) is 3.85. The van der Waals surface area contributed by atoms with Gasteiger partial charge in [0.2, 0.25) is 0 Å². The van der Waals surface area contributed by atoms with Gasteiger partial charge in [-0.3, -0.25) is 4.79 Å². The van der Waals surface area contributed by atoms with Gasteiger partial charge in [0.25, 0.3) is 0 Å². The molecule has 3 rings (SSSR count). The van der Waals surface area contributed by atoms with Crippen molar-refractivity contribution < 1.29 is 9.53 Å². The first-order chi connectivity index (χ1) is 9.93. The lowest BCUT2D eigenvalue weighted by molar-refractivity contribution is -0.137. The molecule has 2 aromatic rings. The molecule has 0 N–H and O–H groups in total. The van der Waals surface area contributed by atoms with Crippen molar-refractivity contribution in [3.05, 3.63) is 65.7 Å². The molecule has 108 valence electrons. The second-order valence-electron chi connectivity index (χ2n) is 6.05. The van der Waals surface area contributed by atoms with Crippen molar-refractivity contribution in [2.24, 2.45) is 0 Å². The van der Waals surface area contributed by atoms with Crippen LogP contribution >= 0.6 is 11.6 Å². The van der Waals surface area contributed by atoms with Crippen molar-refractivity contribution in [2.75, 3.05) is 0 Å². The standard InChI is InChI=1S/C18H17ClO2/c1-17(2,19)12-18(13-8-4-3-5-9-13)14-10-6-7-11-15(14)21-16(18)20/h3-11H,12H2,1-2H3. The number of hydrogen-bond acceptors (Lipinski definition) is 2. The monoisotopic (exact) mass is 300 g/mol. The van der Waals surface area contributed by atoms with Crippen molar-refractivity contribution >= 4 is 17.6 Å². The second-order valence-corrected chi connectivity index (χ2v) is 7.08. The molecule has 3 heteroatoms. The minimum absolute atomic E-state index is 0.247. The molecule has 0 aliphatic carbocycles. The summed E-state index contributed by atoms with van der Waals surface area (Å²) in [4.78, 5) is 12.2. The van der Waals surface area contributed by atoms with Gasteiger partial charge in [-0.1, -0.05) is 48.5 Å². The number of rotatable bonds is 3. The Morgan fingerprint density at radius 3 is 2.33 bits per heavy atom. The summed E-state index contributed by atoms with van der Waals surface area (Å²) in [5.74, 6) is 0.385. The third kappa shape index (κ3) is 2.34. The Morgan fingerprint density at radius 1 is 1.05 bits per heavy atom. The number of carbonyl (C=O) groups is 1. The van der Waals surface area contributed by atoms with Gasteiger partial charge in [0.05, 0.1) is 0 Å². The molecule has 2 nitrogen and oxygen atoms in total. The van der Waals surface area contributed by atoms with E-state index in [0.717, 1.165) is 11.1 Å². The molecule has 0 bridgehead atoms. The first kappa shape index (κ1) is 14.2. The molecule has 0 spiro atoms. The smallest absolute Gasteiger partial charge is 0.326 e. The number of ether oxygens (including phenoxy) is 1. The fourth-order valence-corrected chi connectivity index (χ4v) is 3.30. The summed E-state index contributed by atoms with van der Waals surface area (Å²) in [5.41, 5.74) is 0.993. The molecule has 2 aromatic carbocycles. The van der Waals surface area contributed by atoms with Gasteiger partial charge >= 0.3 is 5.97 Å². The molecule has 1 aliphatic heterocycles. The van der Waals surface area contributed by atoms with E-state index in [1.165, 1.54) is 0 Å². The van der Waals surface area contributed by atoms with Gasteiger partial charge in [-0.05, 0) is 31.9 Å². The summed E-state index contributed by atoms with van der Waals surface area (Å²) in [6.07, 6.45) is 0.488. The normalized spacial score (nSPS) is 21.0. The van der Waals surface area contributed by atoms with E-state index in [9.17, 15) is 4.79 Å². The molecular weight excluding hydrogens is 284 g/mol. The fourth-order valence-electron chi connectivity index (χ4n) is 3.10. The van der Waals surface area contributed by atoms with Crippen LogP contribution < -0.4 is 4.74 Å². The van der Waals surface area contributed by atoms with Gasteiger partial charge in [0.1, 0.15) is 11.2 Å². The SMILES string of the molecule is CC(C)(Cl)CC1(c2ccccc2)C(=O)Oc2ccccc21. The lowest BCUT2D eigenvalue weighted by atomic mass is 9.70. The van der Waals surface area contributed by atoms with Crippen molar-refractivity contribution in [3.63, 3.8) is 0 Å². The number of halogens is 1. The largest absolute Gasteiger partial charge is 0.425 e. The van der Waals surface area contributed by atoms with Crippen LogP contribution in [0.3, 0.4) is 0 Å². The number of fused-ring (bicyclic) bond motifs is 1. The molecular formula is C18H17ClO2. The predicted octanol–water partition coefficient (Wildman–Crippen LogP) is 4.30. The quantitative estimate of drug-likeness (QED) is 0.480. The Kier molecular flexibility index (Phi) is 3.29. The van der Waals surface area contributed by atoms with Crippen LogP contribution in [0.2, 0.25) is 0 Å². The van der Waals surface area contributed by atoms with E-state index < -0.39 is 10.3 Å². The van der Waals surface area contributed by atoms with Crippen molar-refractivity contribution in [2.45, 2.75) is 30.6 Å². The van der Waals surface area contributed by atoms with Gasteiger partial charge in [0, 0.05) is 10.4 Å². The van der Waals surface area contributed by atoms with Crippen molar-refractivity contribution in [1.29, 1.82) is 0 Å². The maximum atomic E-state index is 12.8. The first-order valence-corrected chi connectivity index (χ1v) is 7.37. The van der Waals surface area contributed by atoms with E-state index >= 15 is 0 Å². The number of benzene rings is 2. The van der Waals surface area contributed by atoms with Crippen molar-refractivity contribution in [1.82, 2.24) is 0 Å². The van der Waals surface area contributed by atoms with Gasteiger partial charge in [0.15, 0.2) is 0 Å². The molecule has 0 fully saturated rings. The van der Waals surface area contributed by atoms with E-state index in [1.807, 2.05) is 68.4 Å². The Bertz CT molecular complexity index is 673. The highest BCUT2D eigenvalue weighted by Crippen LogP contribution is 2.49. The zero-order valence-electron chi connectivity index (χ0n) is 12.1. The van der Waals surface area contributed by atoms with Gasteiger partial charge < -0.3 is 4.74 Å². The van der Waals surface area contributed by atoms with Crippen LogP contribution in [0.1, 0.15) is 31.4 Å². The summed E-state index contributed by atoms with van der Waals surface area (Å²) in [6.45, 7) is 3.85. The lowest BCUT2D eigenvalue weighted by Crippen LogP contribution is -2.40. The maximum absolute atomic E-state index is 12.8. The summed E-state index contributed by atoms with van der Waals surface area (Å²) >= 11 is 6.48. The molecule has 1 atom stereocenters. The van der Waals surface area contributed by atoms with E-state index in [2.05, 4.69) is 0 Å². The zero-order chi connectivity index (χ0) is 15.1. The van der Waals surface area contributed by atoms with E-state index in [0.29, 0.717) is 12.2 Å². The molecule has 0 amide bonds. The molecule has 0 aromatic heterocycles. The Labute approximate surface area is 129 Å². The highest BCUT2D eigenvalue weighted by molar-refractivity contribution is 6.23. The highest BCUT2D eigenvalue weighted by atomic mass is 35.5. The van der Waals surface area contributed by atoms with Crippen LogP contribution in [0, 0.1) is 0 Å². The maximum Gasteiger partial charge on any atom is 0.326 e. The lowest BCUT2D eigenvalue weighted by Gasteiger charge is -2.32. The van der Waals surface area contributed by atoms with Gasteiger partial charge in [-0.25, -0.2) is 0 Å². The van der Waals surface area contributed by atoms with Crippen LogP contribution in [0.25, 0.3) is 0 Å². The Balaban J connectivity index is 2.25. The number of hydrogen-bond donors (Lipinski definition) is 0. The fraction of sp³-hybridized carbons (Fsp3) is 0.278. The van der Waals surface area contributed by atoms with Crippen molar-refractivity contribution in [3.8, 4) is 5.75 Å². The molecule has 1 unspecified atom stereocenters. The second kappa shape index (κ2) is 4.88. The van der Waals surface area contributed by atoms with E-state index in [-0.39, 0.29) is 5.97 Å². The number of carbonyl (C=O) groups excluding carboxylic acids is 1. The van der Waals surface area contributed by atoms with Crippen LogP contribution in [-0.4, -0.2) is 10.8 Å². The molecule has 21 heavy (non-hydrogen) atoms. The predicted molar refractivity (Wildman–Crippen MR) is 83.8 cm³/mol. The molecule has 0 radical (unpaired) electrons. The minimum atomic E-state index is -0.830. The number of para-hydroxylation sites is 1. The highest BCUT2D eigenvalue weighted by Gasteiger charge is 2.52. The summed E-state index contributed by atoms with van der Waals surface area (Å²) in [7, 11) is 0. The number of alkyl halides is 1.